The Morgan fingerprint density at radius 3 is 2.34 bits per heavy atom. The van der Waals surface area contributed by atoms with Crippen molar-refractivity contribution >= 4 is 42.4 Å². The number of ether oxygens (including phenoxy) is 2. The molecule has 0 bridgehead atoms. The van der Waals surface area contributed by atoms with Crippen LogP contribution >= 0.6 is 11.3 Å². The maximum atomic E-state index is 12.7. The Balaban J connectivity index is 1.41. The summed E-state index contributed by atoms with van der Waals surface area (Å²) in [5.41, 5.74) is 1.98. The number of aromatic nitrogens is 1. The largest absolute Gasteiger partial charge is 0.497 e. The highest BCUT2D eigenvalue weighted by Gasteiger charge is 2.28. The Hall–Kier alpha value is -2.85. The molecule has 1 aliphatic heterocycles. The number of nitrogens with zero attached hydrogens (tertiary/aromatic N) is 3. The first kappa shape index (κ1) is 22.3. The van der Waals surface area contributed by atoms with E-state index >= 15 is 0 Å². The maximum Gasteiger partial charge on any atom is 0.238 e. The molecule has 0 radical (unpaired) electrons. The van der Waals surface area contributed by atoms with Crippen molar-refractivity contribution in [1.29, 1.82) is 0 Å². The second kappa shape index (κ2) is 8.95. The van der Waals surface area contributed by atoms with E-state index in [4.69, 9.17) is 14.5 Å². The van der Waals surface area contributed by atoms with Crippen LogP contribution in [0, 0.1) is 6.92 Å². The molecule has 0 unspecified atom stereocenters. The van der Waals surface area contributed by atoms with Gasteiger partial charge in [0.05, 0.1) is 23.8 Å². The van der Waals surface area contributed by atoms with E-state index in [0.29, 0.717) is 31.9 Å². The van der Waals surface area contributed by atoms with E-state index in [1.54, 1.807) is 35.5 Å². The molecule has 32 heavy (non-hydrogen) atoms. The van der Waals surface area contributed by atoms with Gasteiger partial charge in [0.25, 0.3) is 0 Å². The van der Waals surface area contributed by atoms with E-state index in [-0.39, 0.29) is 10.8 Å². The molecule has 8 nitrogen and oxygen atoms in total. The molecule has 3 aromatic rings. The van der Waals surface area contributed by atoms with Gasteiger partial charge in [-0.15, -0.1) is 0 Å². The summed E-state index contributed by atoms with van der Waals surface area (Å²) in [6, 6.07) is 10.0. The zero-order chi connectivity index (χ0) is 22.9. The second-order valence-corrected chi connectivity index (χ2v) is 10.5. The van der Waals surface area contributed by atoms with E-state index < -0.39 is 15.6 Å². The van der Waals surface area contributed by atoms with E-state index in [1.165, 1.54) is 19.2 Å². The van der Waals surface area contributed by atoms with E-state index in [9.17, 15) is 13.2 Å². The Morgan fingerprint density at radius 1 is 1.03 bits per heavy atom. The van der Waals surface area contributed by atoms with Gasteiger partial charge in [0.15, 0.2) is 15.0 Å². The Labute approximate surface area is 191 Å². The molecule has 1 amide bonds. The minimum atomic E-state index is -3.71. The number of piperazine rings is 1. The lowest BCUT2D eigenvalue weighted by atomic mass is 10.2. The highest BCUT2D eigenvalue weighted by atomic mass is 32.2. The first-order chi connectivity index (χ1) is 15.3. The van der Waals surface area contributed by atoms with Crippen LogP contribution < -0.4 is 14.4 Å². The summed E-state index contributed by atoms with van der Waals surface area (Å²) in [7, 11) is -0.569. The van der Waals surface area contributed by atoms with Crippen molar-refractivity contribution < 1.29 is 22.7 Å². The van der Waals surface area contributed by atoms with Crippen molar-refractivity contribution in [1.82, 2.24) is 9.88 Å². The van der Waals surface area contributed by atoms with Crippen molar-refractivity contribution in [3.63, 3.8) is 0 Å². The van der Waals surface area contributed by atoms with Crippen LogP contribution in [0.4, 0.5) is 5.13 Å². The molecule has 0 aliphatic carbocycles. The summed E-state index contributed by atoms with van der Waals surface area (Å²) in [6.07, 6.45) is 0. The number of hydrogen-bond acceptors (Lipinski definition) is 8. The molecule has 1 aromatic heterocycles. The second-order valence-electron chi connectivity index (χ2n) is 7.56. The summed E-state index contributed by atoms with van der Waals surface area (Å²) in [4.78, 5) is 21.3. The minimum Gasteiger partial charge on any atom is -0.497 e. The number of sulfone groups is 1. The van der Waals surface area contributed by atoms with Crippen molar-refractivity contribution in [2.75, 3.05) is 51.1 Å². The van der Waals surface area contributed by atoms with Gasteiger partial charge >= 0.3 is 0 Å². The number of carbonyl (C=O) groups is 1. The summed E-state index contributed by atoms with van der Waals surface area (Å²) in [5, 5.41) is 0.880. The molecular weight excluding hydrogens is 450 g/mol. The van der Waals surface area contributed by atoms with Crippen LogP contribution in [0.5, 0.6) is 11.5 Å². The predicted molar refractivity (Wildman–Crippen MR) is 125 cm³/mol. The summed E-state index contributed by atoms with van der Waals surface area (Å²) in [6.45, 7) is 4.13. The molecule has 0 atom stereocenters. The van der Waals surface area contributed by atoms with E-state index in [2.05, 4.69) is 4.90 Å². The van der Waals surface area contributed by atoms with Crippen LogP contribution in [0.2, 0.25) is 0 Å². The van der Waals surface area contributed by atoms with Gasteiger partial charge in [0.1, 0.15) is 22.8 Å². The van der Waals surface area contributed by atoms with Gasteiger partial charge in [-0.25, -0.2) is 13.4 Å². The third-order valence-electron chi connectivity index (χ3n) is 5.55. The van der Waals surface area contributed by atoms with Crippen LogP contribution in [-0.2, 0) is 14.6 Å². The van der Waals surface area contributed by atoms with Gasteiger partial charge in [-0.1, -0.05) is 17.4 Å². The third-order valence-corrected chi connectivity index (χ3v) is 8.42. The van der Waals surface area contributed by atoms with Gasteiger partial charge in [-0.2, -0.15) is 0 Å². The number of anilines is 1. The topological polar surface area (TPSA) is 89.0 Å². The van der Waals surface area contributed by atoms with Crippen molar-refractivity contribution in [3.8, 4) is 11.5 Å². The van der Waals surface area contributed by atoms with Crippen molar-refractivity contribution in [2.24, 2.45) is 0 Å². The molecule has 1 fully saturated rings. The molecule has 1 saturated heterocycles. The van der Waals surface area contributed by atoms with Crippen LogP contribution in [0.3, 0.4) is 0 Å². The fourth-order valence-electron chi connectivity index (χ4n) is 3.67. The molecule has 2 heterocycles. The maximum absolute atomic E-state index is 12.7. The van der Waals surface area contributed by atoms with Crippen molar-refractivity contribution in [3.05, 3.63) is 42.0 Å². The van der Waals surface area contributed by atoms with Gasteiger partial charge in [-0.05, 0) is 42.8 Å². The van der Waals surface area contributed by atoms with Gasteiger partial charge < -0.3 is 19.3 Å². The molecule has 170 valence electrons. The van der Waals surface area contributed by atoms with Gasteiger partial charge in [0.2, 0.25) is 5.91 Å². The van der Waals surface area contributed by atoms with Crippen LogP contribution in [0.25, 0.3) is 10.2 Å². The number of hydrogen-bond donors (Lipinski definition) is 0. The standard InChI is InChI=1S/C22H25N3O5S2/c1-15-4-9-18(30-3)20-21(15)31-22(23-20)25-12-10-24(11-13-25)19(26)14-32(27,28)17-7-5-16(29-2)6-8-17/h4-9H,10-14H2,1-3H3. The number of thiazole rings is 1. The first-order valence-corrected chi connectivity index (χ1v) is 12.6. The highest BCUT2D eigenvalue weighted by molar-refractivity contribution is 7.92. The third kappa shape index (κ3) is 4.37. The molecule has 0 saturated carbocycles. The van der Waals surface area contributed by atoms with Crippen LogP contribution in [0.1, 0.15) is 5.56 Å². The van der Waals surface area contributed by atoms with Gasteiger partial charge in [-0.3, -0.25) is 4.79 Å². The smallest absolute Gasteiger partial charge is 0.238 e. The zero-order valence-electron chi connectivity index (χ0n) is 18.2. The lowest BCUT2D eigenvalue weighted by Gasteiger charge is -2.34. The summed E-state index contributed by atoms with van der Waals surface area (Å²) in [5.74, 6) is 0.374. The Morgan fingerprint density at radius 2 is 1.72 bits per heavy atom. The quantitative estimate of drug-likeness (QED) is 0.542. The SMILES string of the molecule is COc1ccc(S(=O)(=O)CC(=O)N2CCN(c3nc4c(OC)ccc(C)c4s3)CC2)cc1. The molecular formula is C22H25N3O5S2. The number of aryl methyl sites for hydroxylation is 1. The number of fused-ring (bicyclic) bond motifs is 1. The summed E-state index contributed by atoms with van der Waals surface area (Å²) >= 11 is 1.61. The molecule has 0 N–H and O–H groups in total. The Kier molecular flexibility index (Phi) is 6.25. The molecule has 2 aromatic carbocycles. The number of amides is 1. The lowest BCUT2D eigenvalue weighted by molar-refractivity contribution is -0.128. The van der Waals surface area contributed by atoms with E-state index in [0.717, 1.165) is 26.7 Å². The van der Waals surface area contributed by atoms with Crippen LogP contribution in [0.15, 0.2) is 41.3 Å². The fraction of sp³-hybridized carbons (Fsp3) is 0.364. The first-order valence-electron chi connectivity index (χ1n) is 10.2. The van der Waals surface area contributed by atoms with Crippen molar-refractivity contribution in [2.45, 2.75) is 11.8 Å². The summed E-state index contributed by atoms with van der Waals surface area (Å²) < 4.78 is 36.9. The Bertz CT molecular complexity index is 1230. The number of benzene rings is 2. The van der Waals surface area contributed by atoms with Crippen LogP contribution in [-0.4, -0.2) is 70.4 Å². The lowest BCUT2D eigenvalue weighted by Crippen LogP contribution is -2.50. The fourth-order valence-corrected chi connectivity index (χ4v) is 5.99. The number of rotatable bonds is 6. The molecule has 4 rings (SSSR count). The number of methoxy groups -OCH3 is 2. The monoisotopic (exact) mass is 475 g/mol. The molecule has 10 heteroatoms. The van der Waals surface area contributed by atoms with E-state index in [1.807, 2.05) is 19.1 Å². The minimum absolute atomic E-state index is 0.115. The predicted octanol–water partition coefficient (Wildman–Crippen LogP) is 2.74. The normalized spacial score (nSPS) is 14.6. The average Bonchev–Trinajstić information content (AvgIpc) is 3.26. The molecule has 1 aliphatic rings. The number of carbonyl (C=O) groups excluding carboxylic acids is 1. The highest BCUT2D eigenvalue weighted by Crippen LogP contribution is 2.36. The molecule has 0 spiro atoms. The zero-order valence-corrected chi connectivity index (χ0v) is 19.8. The van der Waals surface area contributed by atoms with Gasteiger partial charge in [0, 0.05) is 26.2 Å². The average molecular weight is 476 g/mol.